The molecule has 1 aromatic heterocycles. The van der Waals surface area contributed by atoms with E-state index in [0.29, 0.717) is 33.2 Å². The Morgan fingerprint density at radius 1 is 1.12 bits per heavy atom. The molecule has 0 radical (unpaired) electrons. The number of aromatic nitrogens is 2. The van der Waals surface area contributed by atoms with E-state index in [2.05, 4.69) is 26.2 Å². The number of methoxy groups -OCH3 is 1. The summed E-state index contributed by atoms with van der Waals surface area (Å²) in [6, 6.07) is 20.0. The van der Waals surface area contributed by atoms with Crippen LogP contribution in [0.2, 0.25) is 0 Å². The Kier molecular flexibility index (Phi) is 6.62. The molecule has 0 saturated heterocycles. The molecule has 0 aliphatic heterocycles. The lowest BCUT2D eigenvalue weighted by Gasteiger charge is -2.14. The summed E-state index contributed by atoms with van der Waals surface area (Å²) in [4.78, 5) is 30.6. The third-order valence-electron chi connectivity index (χ3n) is 4.83. The van der Waals surface area contributed by atoms with Crippen molar-refractivity contribution in [3.8, 4) is 11.4 Å². The van der Waals surface area contributed by atoms with E-state index in [1.54, 1.807) is 25.3 Å². The average molecular weight is 510 g/mol. The molecule has 4 aromatic rings. The van der Waals surface area contributed by atoms with Crippen LogP contribution >= 0.6 is 27.7 Å². The SMILES string of the molecule is COc1cccc(-n2c(SCC(=O)Nc3ccc(Br)c(C)c3)nc3ccccc3c2=O)c1. The van der Waals surface area contributed by atoms with Crippen molar-refractivity contribution >= 4 is 50.2 Å². The van der Waals surface area contributed by atoms with E-state index in [1.807, 2.05) is 55.5 Å². The summed E-state index contributed by atoms with van der Waals surface area (Å²) >= 11 is 4.67. The molecule has 6 nitrogen and oxygen atoms in total. The molecule has 4 rings (SSSR count). The second-order valence-corrected chi connectivity index (χ2v) is 8.85. The predicted molar refractivity (Wildman–Crippen MR) is 132 cm³/mol. The first-order valence-corrected chi connectivity index (χ1v) is 11.6. The quantitative estimate of drug-likeness (QED) is 0.285. The van der Waals surface area contributed by atoms with E-state index >= 15 is 0 Å². The number of hydrogen-bond acceptors (Lipinski definition) is 5. The second kappa shape index (κ2) is 9.58. The zero-order valence-corrected chi connectivity index (χ0v) is 19.9. The Bertz CT molecular complexity index is 1370. The van der Waals surface area contributed by atoms with E-state index in [-0.39, 0.29) is 17.2 Å². The molecule has 0 fully saturated rings. The van der Waals surface area contributed by atoms with Crippen molar-refractivity contribution < 1.29 is 9.53 Å². The van der Waals surface area contributed by atoms with Crippen molar-refractivity contribution in [1.29, 1.82) is 0 Å². The summed E-state index contributed by atoms with van der Waals surface area (Å²) in [5, 5.41) is 3.84. The van der Waals surface area contributed by atoms with Gasteiger partial charge in [0.15, 0.2) is 5.16 Å². The van der Waals surface area contributed by atoms with Gasteiger partial charge in [-0.25, -0.2) is 4.98 Å². The maximum atomic E-state index is 13.3. The summed E-state index contributed by atoms with van der Waals surface area (Å²) < 4.78 is 7.82. The largest absolute Gasteiger partial charge is 0.497 e. The standard InChI is InChI=1S/C24H20BrN3O3S/c1-15-12-16(10-11-20(15)25)26-22(29)14-32-24-27-21-9-4-3-8-19(21)23(30)28(24)17-6-5-7-18(13-17)31-2/h3-13H,14H2,1-2H3,(H,26,29). The summed E-state index contributed by atoms with van der Waals surface area (Å²) in [6.07, 6.45) is 0. The Morgan fingerprint density at radius 2 is 1.94 bits per heavy atom. The van der Waals surface area contributed by atoms with Crippen LogP contribution in [-0.2, 0) is 4.79 Å². The molecule has 0 unspecified atom stereocenters. The number of carbonyl (C=O) groups excluding carboxylic acids is 1. The van der Waals surface area contributed by atoms with Crippen molar-refractivity contribution in [2.45, 2.75) is 12.1 Å². The van der Waals surface area contributed by atoms with Gasteiger partial charge in [-0.1, -0.05) is 45.9 Å². The number of benzene rings is 3. The van der Waals surface area contributed by atoms with E-state index in [0.717, 1.165) is 10.0 Å². The zero-order chi connectivity index (χ0) is 22.7. The summed E-state index contributed by atoms with van der Waals surface area (Å²) in [6.45, 7) is 1.96. The minimum atomic E-state index is -0.199. The number of anilines is 1. The minimum absolute atomic E-state index is 0.101. The Hall–Kier alpha value is -3.10. The lowest BCUT2D eigenvalue weighted by atomic mass is 10.2. The first kappa shape index (κ1) is 22.1. The van der Waals surface area contributed by atoms with E-state index in [4.69, 9.17) is 4.74 Å². The molecular weight excluding hydrogens is 490 g/mol. The highest BCUT2D eigenvalue weighted by Crippen LogP contribution is 2.24. The van der Waals surface area contributed by atoms with Gasteiger partial charge in [-0.3, -0.25) is 14.2 Å². The lowest BCUT2D eigenvalue weighted by molar-refractivity contribution is -0.113. The monoisotopic (exact) mass is 509 g/mol. The van der Waals surface area contributed by atoms with Gasteiger partial charge in [0.2, 0.25) is 5.91 Å². The number of amides is 1. The van der Waals surface area contributed by atoms with Gasteiger partial charge in [-0.2, -0.15) is 0 Å². The third-order valence-corrected chi connectivity index (χ3v) is 6.66. The maximum absolute atomic E-state index is 13.3. The number of nitrogens with one attached hydrogen (secondary N) is 1. The number of carbonyl (C=O) groups is 1. The summed E-state index contributed by atoms with van der Waals surface area (Å²) in [5.74, 6) is 0.544. The predicted octanol–water partition coefficient (Wildman–Crippen LogP) is 5.20. The molecular formula is C24H20BrN3O3S. The van der Waals surface area contributed by atoms with Crippen LogP contribution in [-0.4, -0.2) is 28.3 Å². The Balaban J connectivity index is 1.67. The number of ether oxygens (including phenoxy) is 1. The van der Waals surface area contributed by atoms with Crippen molar-refractivity contribution in [3.63, 3.8) is 0 Å². The summed E-state index contributed by atoms with van der Waals surface area (Å²) in [7, 11) is 1.57. The Morgan fingerprint density at radius 3 is 2.72 bits per heavy atom. The minimum Gasteiger partial charge on any atom is -0.497 e. The van der Waals surface area contributed by atoms with Gasteiger partial charge in [-0.15, -0.1) is 0 Å². The van der Waals surface area contributed by atoms with Crippen molar-refractivity contribution in [2.24, 2.45) is 0 Å². The van der Waals surface area contributed by atoms with Gasteiger partial charge in [0.25, 0.3) is 5.56 Å². The topological polar surface area (TPSA) is 73.2 Å². The van der Waals surface area contributed by atoms with E-state index in [9.17, 15) is 9.59 Å². The smallest absolute Gasteiger partial charge is 0.266 e. The van der Waals surface area contributed by atoms with Gasteiger partial charge in [-0.05, 0) is 55.0 Å². The molecule has 0 atom stereocenters. The zero-order valence-electron chi connectivity index (χ0n) is 17.5. The van der Waals surface area contributed by atoms with Gasteiger partial charge in [0, 0.05) is 16.2 Å². The van der Waals surface area contributed by atoms with Crippen LogP contribution in [0.1, 0.15) is 5.56 Å². The highest BCUT2D eigenvalue weighted by Gasteiger charge is 2.15. The van der Waals surface area contributed by atoms with E-state index < -0.39 is 0 Å². The lowest BCUT2D eigenvalue weighted by Crippen LogP contribution is -2.23. The number of aryl methyl sites for hydroxylation is 1. The van der Waals surface area contributed by atoms with Gasteiger partial charge < -0.3 is 10.1 Å². The van der Waals surface area contributed by atoms with Crippen LogP contribution < -0.4 is 15.6 Å². The molecule has 8 heteroatoms. The molecule has 1 N–H and O–H groups in total. The fraction of sp³-hybridized carbons (Fsp3) is 0.125. The number of fused-ring (bicyclic) bond motifs is 1. The molecule has 162 valence electrons. The first-order valence-electron chi connectivity index (χ1n) is 9.81. The molecule has 0 spiro atoms. The number of hydrogen-bond donors (Lipinski definition) is 1. The average Bonchev–Trinajstić information content (AvgIpc) is 2.80. The normalized spacial score (nSPS) is 10.8. The highest BCUT2D eigenvalue weighted by atomic mass is 79.9. The molecule has 3 aromatic carbocycles. The number of rotatable bonds is 6. The van der Waals surface area contributed by atoms with Crippen LogP contribution in [0.3, 0.4) is 0 Å². The summed E-state index contributed by atoms with van der Waals surface area (Å²) in [5.41, 5.74) is 2.75. The van der Waals surface area contributed by atoms with Crippen LogP contribution in [0.4, 0.5) is 5.69 Å². The molecule has 1 heterocycles. The molecule has 32 heavy (non-hydrogen) atoms. The van der Waals surface area contributed by atoms with E-state index in [1.165, 1.54) is 16.3 Å². The second-order valence-electron chi connectivity index (χ2n) is 7.05. The van der Waals surface area contributed by atoms with Gasteiger partial charge >= 0.3 is 0 Å². The number of nitrogens with zero attached hydrogens (tertiary/aromatic N) is 2. The van der Waals surface area contributed by atoms with Crippen LogP contribution in [0.25, 0.3) is 16.6 Å². The van der Waals surface area contributed by atoms with Crippen molar-refractivity contribution in [2.75, 3.05) is 18.2 Å². The third kappa shape index (κ3) is 4.71. The van der Waals surface area contributed by atoms with Crippen molar-refractivity contribution in [3.05, 3.63) is 87.1 Å². The first-order chi connectivity index (χ1) is 15.5. The van der Waals surface area contributed by atoms with Gasteiger partial charge in [0.05, 0.1) is 29.5 Å². The maximum Gasteiger partial charge on any atom is 0.266 e. The van der Waals surface area contributed by atoms with Crippen LogP contribution in [0.15, 0.2) is 81.2 Å². The highest BCUT2D eigenvalue weighted by molar-refractivity contribution is 9.10. The fourth-order valence-corrected chi connectivity index (χ4v) is 4.30. The van der Waals surface area contributed by atoms with Crippen molar-refractivity contribution in [1.82, 2.24) is 9.55 Å². The molecule has 0 saturated carbocycles. The fourth-order valence-electron chi connectivity index (χ4n) is 3.24. The number of thioether (sulfide) groups is 1. The van der Waals surface area contributed by atoms with Gasteiger partial charge in [0.1, 0.15) is 5.75 Å². The molecule has 1 amide bonds. The molecule has 0 bridgehead atoms. The molecule has 0 aliphatic carbocycles. The number of para-hydroxylation sites is 1. The Labute approximate surface area is 197 Å². The molecule has 0 aliphatic rings. The van der Waals surface area contributed by atoms with Crippen LogP contribution in [0.5, 0.6) is 5.75 Å². The van der Waals surface area contributed by atoms with Crippen LogP contribution in [0, 0.1) is 6.92 Å². The number of halogens is 1.